The molecule has 1 aliphatic heterocycles. The minimum absolute atomic E-state index is 0.0174. The maximum atomic E-state index is 12.5. The van der Waals surface area contributed by atoms with Gasteiger partial charge in [-0.3, -0.25) is 9.52 Å². The molecule has 7 nitrogen and oxygen atoms in total. The molecule has 0 spiro atoms. The molecule has 2 aromatic carbocycles. The fourth-order valence-electron chi connectivity index (χ4n) is 3.11. The van der Waals surface area contributed by atoms with Crippen LogP contribution in [0.15, 0.2) is 60.5 Å². The Kier molecular flexibility index (Phi) is 5.99. The zero-order valence-electron chi connectivity index (χ0n) is 16.2. The lowest BCUT2D eigenvalue weighted by Crippen LogP contribution is -2.38. The summed E-state index contributed by atoms with van der Waals surface area (Å²) < 4.78 is 33.0. The van der Waals surface area contributed by atoms with Gasteiger partial charge in [0.15, 0.2) is 11.7 Å². The highest BCUT2D eigenvalue weighted by Crippen LogP contribution is 2.37. The first-order chi connectivity index (χ1) is 14.8. The van der Waals surface area contributed by atoms with E-state index in [1.165, 1.54) is 11.3 Å². The first-order valence-corrected chi connectivity index (χ1v) is 12.1. The molecule has 0 fully saturated rings. The topological polar surface area (TPSA) is 88.6 Å². The van der Waals surface area contributed by atoms with E-state index in [1.807, 2.05) is 6.07 Å². The van der Waals surface area contributed by atoms with E-state index in [0.29, 0.717) is 34.3 Å². The number of nitrogens with zero attached hydrogens (tertiary/aromatic N) is 2. The molecule has 160 valence electrons. The van der Waals surface area contributed by atoms with E-state index < -0.39 is 10.0 Å². The lowest BCUT2D eigenvalue weighted by atomic mass is 10.1. The van der Waals surface area contributed by atoms with Crippen LogP contribution in [-0.4, -0.2) is 32.5 Å². The van der Waals surface area contributed by atoms with Crippen LogP contribution in [0, 0.1) is 0 Å². The third-order valence-corrected chi connectivity index (χ3v) is 6.88. The first kappa shape index (κ1) is 21.4. The third-order valence-electron chi connectivity index (χ3n) is 4.53. The number of anilines is 2. The van der Waals surface area contributed by atoms with E-state index in [0.717, 1.165) is 5.56 Å². The van der Waals surface area contributed by atoms with E-state index in [4.69, 9.17) is 16.3 Å². The van der Waals surface area contributed by atoms with Gasteiger partial charge in [-0.05, 0) is 35.9 Å². The Morgan fingerprint density at radius 2 is 2.03 bits per heavy atom. The Morgan fingerprint density at radius 3 is 2.77 bits per heavy atom. The Hall–Kier alpha value is -2.88. The Morgan fingerprint density at radius 1 is 1.26 bits per heavy atom. The van der Waals surface area contributed by atoms with Crippen molar-refractivity contribution in [3.8, 4) is 17.0 Å². The number of halogens is 1. The second-order valence-electron chi connectivity index (χ2n) is 6.79. The van der Waals surface area contributed by atoms with Gasteiger partial charge in [0.05, 0.1) is 17.1 Å². The number of carbonyl (C=O) groups excluding carboxylic acids is 1. The van der Waals surface area contributed by atoms with Crippen molar-refractivity contribution in [2.45, 2.75) is 5.75 Å². The predicted molar refractivity (Wildman–Crippen MR) is 123 cm³/mol. The number of ether oxygens (including phenoxy) is 1. The van der Waals surface area contributed by atoms with Gasteiger partial charge in [-0.15, -0.1) is 17.9 Å². The third kappa shape index (κ3) is 4.90. The molecule has 0 atom stereocenters. The van der Waals surface area contributed by atoms with Crippen LogP contribution in [0.5, 0.6) is 5.75 Å². The summed E-state index contributed by atoms with van der Waals surface area (Å²) >= 11 is 7.03. The molecule has 0 radical (unpaired) electrons. The van der Waals surface area contributed by atoms with E-state index in [9.17, 15) is 13.2 Å². The fraction of sp³-hybridized carbons (Fsp3) is 0.143. The average Bonchev–Trinajstić information content (AvgIpc) is 3.19. The normalized spacial score (nSPS) is 13.5. The van der Waals surface area contributed by atoms with E-state index in [-0.39, 0.29) is 23.4 Å². The first-order valence-electron chi connectivity index (χ1n) is 9.23. The summed E-state index contributed by atoms with van der Waals surface area (Å²) in [4.78, 5) is 18.2. The van der Waals surface area contributed by atoms with Crippen molar-refractivity contribution in [1.29, 1.82) is 0 Å². The number of nitrogens with one attached hydrogen (secondary N) is 1. The fourth-order valence-corrected chi connectivity index (χ4v) is 5.39. The molecule has 0 saturated heterocycles. The van der Waals surface area contributed by atoms with Crippen LogP contribution in [0.1, 0.15) is 5.56 Å². The van der Waals surface area contributed by atoms with Crippen molar-refractivity contribution in [2.24, 2.45) is 0 Å². The molecule has 3 aromatic rings. The molecule has 1 aromatic heterocycles. The summed E-state index contributed by atoms with van der Waals surface area (Å²) in [6, 6.07) is 12.0. The average molecular weight is 476 g/mol. The molecule has 0 aliphatic carbocycles. The number of thiazole rings is 1. The maximum absolute atomic E-state index is 12.5. The largest absolute Gasteiger partial charge is 0.482 e. The van der Waals surface area contributed by atoms with Gasteiger partial charge in [-0.2, -0.15) is 0 Å². The summed E-state index contributed by atoms with van der Waals surface area (Å²) in [7, 11) is -3.64. The molecule has 4 rings (SSSR count). The summed E-state index contributed by atoms with van der Waals surface area (Å²) in [6.07, 6.45) is 1.65. The number of fused-ring (bicyclic) bond motifs is 1. The van der Waals surface area contributed by atoms with Crippen molar-refractivity contribution in [3.63, 3.8) is 0 Å². The number of hydrogen-bond donors (Lipinski definition) is 1. The number of carbonyl (C=O) groups is 1. The second-order valence-corrected chi connectivity index (χ2v) is 9.81. The quantitative estimate of drug-likeness (QED) is 0.514. The minimum Gasteiger partial charge on any atom is -0.482 e. The van der Waals surface area contributed by atoms with Crippen LogP contribution in [0.3, 0.4) is 0 Å². The van der Waals surface area contributed by atoms with E-state index in [2.05, 4.69) is 16.3 Å². The standard InChI is InChI=1S/C21H18ClN3O4S2/c1-2-9-25-18-10-15(5-8-19(18)29-11-20(25)26)17-12-30-21(23-17)24-31(27,28)13-14-3-6-16(22)7-4-14/h2-8,10,12H,1,9,11,13H2,(H,23,24). The molecule has 31 heavy (non-hydrogen) atoms. The lowest BCUT2D eigenvalue weighted by molar-refractivity contribution is -0.121. The van der Waals surface area contributed by atoms with Crippen molar-refractivity contribution >= 4 is 49.7 Å². The van der Waals surface area contributed by atoms with Gasteiger partial charge in [0, 0.05) is 22.5 Å². The van der Waals surface area contributed by atoms with Crippen molar-refractivity contribution < 1.29 is 17.9 Å². The van der Waals surface area contributed by atoms with Gasteiger partial charge in [-0.25, -0.2) is 13.4 Å². The molecule has 0 bridgehead atoms. The number of sulfonamides is 1. The molecule has 10 heteroatoms. The molecule has 2 heterocycles. The van der Waals surface area contributed by atoms with Crippen LogP contribution in [-0.2, 0) is 20.6 Å². The summed E-state index contributed by atoms with van der Waals surface area (Å²) in [5.74, 6) is 0.260. The molecule has 0 unspecified atom stereocenters. The Labute approximate surface area is 189 Å². The predicted octanol–water partition coefficient (Wildman–Crippen LogP) is 4.32. The Balaban J connectivity index is 1.54. The summed E-state index contributed by atoms with van der Waals surface area (Å²) in [5.41, 5.74) is 2.58. The molecule has 1 aliphatic rings. The van der Waals surface area contributed by atoms with Gasteiger partial charge < -0.3 is 9.64 Å². The number of rotatable bonds is 7. The zero-order valence-corrected chi connectivity index (χ0v) is 18.6. The highest BCUT2D eigenvalue weighted by Gasteiger charge is 2.25. The summed E-state index contributed by atoms with van der Waals surface area (Å²) in [5, 5.41) is 2.56. The molecular weight excluding hydrogens is 458 g/mol. The summed E-state index contributed by atoms with van der Waals surface area (Å²) in [6.45, 7) is 4.05. The molecular formula is C21H18ClN3O4S2. The SMILES string of the molecule is C=CCN1C(=O)COc2ccc(-c3csc(NS(=O)(=O)Cc4ccc(Cl)cc4)n3)cc21. The van der Waals surface area contributed by atoms with Crippen LogP contribution in [0.4, 0.5) is 10.8 Å². The van der Waals surface area contributed by atoms with Gasteiger partial charge in [-0.1, -0.05) is 29.8 Å². The van der Waals surface area contributed by atoms with E-state index in [1.54, 1.807) is 52.8 Å². The lowest BCUT2D eigenvalue weighted by Gasteiger charge is -2.28. The smallest absolute Gasteiger partial charge is 0.265 e. The number of amides is 1. The van der Waals surface area contributed by atoms with Crippen molar-refractivity contribution in [2.75, 3.05) is 22.8 Å². The highest BCUT2D eigenvalue weighted by molar-refractivity contribution is 7.92. The van der Waals surface area contributed by atoms with Gasteiger partial charge in [0.25, 0.3) is 5.91 Å². The number of hydrogen-bond acceptors (Lipinski definition) is 6. The number of aromatic nitrogens is 1. The monoisotopic (exact) mass is 475 g/mol. The maximum Gasteiger partial charge on any atom is 0.265 e. The van der Waals surface area contributed by atoms with Crippen LogP contribution >= 0.6 is 22.9 Å². The van der Waals surface area contributed by atoms with Crippen molar-refractivity contribution in [3.05, 3.63) is 71.1 Å². The Bertz CT molecular complexity index is 1240. The van der Waals surface area contributed by atoms with Gasteiger partial charge >= 0.3 is 0 Å². The number of benzene rings is 2. The highest BCUT2D eigenvalue weighted by atomic mass is 35.5. The molecule has 1 amide bonds. The van der Waals surface area contributed by atoms with Gasteiger partial charge in [0.1, 0.15) is 5.75 Å². The van der Waals surface area contributed by atoms with Crippen LogP contribution in [0.2, 0.25) is 5.02 Å². The van der Waals surface area contributed by atoms with Crippen LogP contribution in [0.25, 0.3) is 11.3 Å². The van der Waals surface area contributed by atoms with Crippen LogP contribution < -0.4 is 14.4 Å². The second kappa shape index (κ2) is 8.70. The van der Waals surface area contributed by atoms with Crippen molar-refractivity contribution in [1.82, 2.24) is 4.98 Å². The minimum atomic E-state index is -3.64. The zero-order chi connectivity index (χ0) is 22.0. The van der Waals surface area contributed by atoms with Gasteiger partial charge in [0.2, 0.25) is 10.0 Å². The molecule has 0 saturated carbocycles. The molecule has 1 N–H and O–H groups in total. The van der Waals surface area contributed by atoms with E-state index >= 15 is 0 Å².